The molecule has 32 atom stereocenters. The van der Waals surface area contributed by atoms with Crippen molar-refractivity contribution in [2.24, 2.45) is 50.7 Å². The van der Waals surface area contributed by atoms with E-state index in [4.69, 9.17) is 47.4 Å². The van der Waals surface area contributed by atoms with Crippen molar-refractivity contribution < 1.29 is 124 Å². The number of allylic oxidation sites excluding steroid dienone is 2. The molecule has 14 N–H and O–H groups in total. The summed E-state index contributed by atoms with van der Waals surface area (Å²) in [5, 5.41) is 150. The van der Waals surface area contributed by atoms with Gasteiger partial charge in [0, 0.05) is 0 Å². The number of hydrogen-bond donors (Lipinski definition) is 14. The molecule has 5 saturated heterocycles. The van der Waals surface area contributed by atoms with E-state index in [1.54, 1.807) is 0 Å². The molecule has 0 aromatic rings. The van der Waals surface area contributed by atoms with Crippen LogP contribution in [0, 0.1) is 50.7 Å². The largest absolute Gasteiger partial charge is 0.432 e. The highest BCUT2D eigenvalue weighted by Gasteiger charge is 2.70. The smallest absolute Gasteiger partial charge is 0.315 e. The van der Waals surface area contributed by atoms with E-state index >= 15 is 4.79 Å². The Labute approximate surface area is 477 Å². The first-order valence-electron chi connectivity index (χ1n) is 29.7. The predicted octanol–water partition coefficient (Wildman–Crippen LogP) is -2.30. The first-order valence-corrected chi connectivity index (χ1v) is 29.7. The molecule has 5 aliphatic carbocycles. The molecule has 25 nitrogen and oxygen atoms in total. The van der Waals surface area contributed by atoms with Crippen molar-refractivity contribution in [2.45, 2.75) is 260 Å². The summed E-state index contributed by atoms with van der Waals surface area (Å²) in [6.45, 7) is 13.3. The summed E-state index contributed by atoms with van der Waals surface area (Å²) in [5.74, 6) is -0.108. The van der Waals surface area contributed by atoms with Gasteiger partial charge in [0.15, 0.2) is 25.2 Å². The summed E-state index contributed by atoms with van der Waals surface area (Å²) in [5.41, 5.74) is -0.874. The van der Waals surface area contributed by atoms with Crippen LogP contribution < -0.4 is 0 Å². The molecular formula is C57H92O25. The molecule has 0 spiro atoms. The number of aliphatic hydroxyl groups excluding tert-OH is 14. The number of rotatable bonds is 12. The summed E-state index contributed by atoms with van der Waals surface area (Å²) >= 11 is 0. The Kier molecular flexibility index (Phi) is 18.3. The summed E-state index contributed by atoms with van der Waals surface area (Å²) in [4.78, 5) is 15.1. The third-order valence-corrected chi connectivity index (χ3v) is 22.4. The standard InChI is InChI=1S/C57H92O25/c1-23-10-15-57(52(72)82-50-43(70)39(66)37(64)30(78-50)22-75-47-44(71)40(67)45(29(19-58)77-47)80-49-42(69)38(65)34(61)24(2)76-49)17-16-55(6)25(26(57)18-23)8-9-32-54(5)13-12-33(53(3,4)31(54)11-14-56(32,55)7)79-51-46(36(63)28(60)21-74-51)81-48-41(68)35(62)27(59)20-73-48/h8,23-24,26-51,58-71H,9-22H2,1-7H3/t23-,24+,26+,27-,28+,29-,30-,31+,32-,33+,34+,35+,36+,37-,38-,39+,40-,41-,42-,43-,44-,45-,46-,47-,48+,49+,50+,51+,54+,55-,56-,57+/m1/s1. The molecule has 0 aromatic carbocycles. The lowest BCUT2D eigenvalue weighted by atomic mass is 9.34. The molecule has 82 heavy (non-hydrogen) atoms. The van der Waals surface area contributed by atoms with E-state index in [2.05, 4.69) is 47.6 Å². The quantitative estimate of drug-likeness (QED) is 0.0555. The van der Waals surface area contributed by atoms with Crippen LogP contribution in [0.4, 0.5) is 0 Å². The van der Waals surface area contributed by atoms with Gasteiger partial charge in [0.1, 0.15) is 104 Å². The minimum absolute atomic E-state index is 0.159. The van der Waals surface area contributed by atoms with Crippen molar-refractivity contribution in [1.29, 1.82) is 0 Å². The molecule has 0 unspecified atom stereocenters. The van der Waals surface area contributed by atoms with E-state index in [0.29, 0.717) is 25.7 Å². The van der Waals surface area contributed by atoms with Crippen LogP contribution in [0.2, 0.25) is 0 Å². The van der Waals surface area contributed by atoms with E-state index in [-0.39, 0.29) is 59.2 Å². The molecule has 4 saturated carbocycles. The Hall–Kier alpha value is -1.71. The van der Waals surface area contributed by atoms with Crippen LogP contribution in [0.1, 0.15) is 113 Å². The first-order chi connectivity index (χ1) is 38.5. The topological polar surface area (TPSA) is 393 Å². The van der Waals surface area contributed by atoms with Crippen LogP contribution in [-0.2, 0) is 52.2 Å². The van der Waals surface area contributed by atoms with Crippen molar-refractivity contribution in [2.75, 3.05) is 26.4 Å². The van der Waals surface area contributed by atoms with Crippen molar-refractivity contribution in [3.63, 3.8) is 0 Å². The molecular weight excluding hydrogens is 1080 g/mol. The number of fused-ring (bicyclic) bond motifs is 7. The van der Waals surface area contributed by atoms with E-state index < -0.39 is 171 Å². The minimum Gasteiger partial charge on any atom is -0.432 e. The van der Waals surface area contributed by atoms with E-state index in [1.807, 2.05) is 0 Å². The lowest BCUT2D eigenvalue weighted by molar-refractivity contribution is -0.361. The number of hydrogen-bond acceptors (Lipinski definition) is 25. The monoisotopic (exact) mass is 1180 g/mol. The second kappa shape index (κ2) is 23.7. The molecule has 9 fully saturated rings. The summed E-state index contributed by atoms with van der Waals surface area (Å²) in [7, 11) is 0. The number of carbonyl (C=O) groups is 1. The summed E-state index contributed by atoms with van der Waals surface area (Å²) < 4.78 is 59.2. The molecule has 5 aliphatic heterocycles. The number of esters is 1. The molecule has 5 heterocycles. The van der Waals surface area contributed by atoms with Crippen molar-refractivity contribution in [3.05, 3.63) is 11.6 Å². The number of ether oxygens (including phenoxy) is 10. The summed E-state index contributed by atoms with van der Waals surface area (Å²) in [6.07, 6.45) is -26.6. The van der Waals surface area contributed by atoms with Crippen molar-refractivity contribution in [1.82, 2.24) is 0 Å². The minimum atomic E-state index is -1.88. The van der Waals surface area contributed by atoms with Crippen molar-refractivity contribution in [3.8, 4) is 0 Å². The maximum absolute atomic E-state index is 15.1. The molecule has 0 aromatic heterocycles. The Morgan fingerprint density at radius 3 is 1.90 bits per heavy atom. The first kappa shape index (κ1) is 63.3. The Bertz CT molecular complexity index is 2260. The maximum Gasteiger partial charge on any atom is 0.315 e. The van der Waals surface area contributed by atoms with E-state index in [1.165, 1.54) is 12.5 Å². The third-order valence-electron chi connectivity index (χ3n) is 22.4. The van der Waals surface area contributed by atoms with Crippen LogP contribution >= 0.6 is 0 Å². The van der Waals surface area contributed by atoms with Gasteiger partial charge in [-0.3, -0.25) is 4.79 Å². The fourth-order valence-electron chi connectivity index (χ4n) is 17.1. The highest BCUT2D eigenvalue weighted by molar-refractivity contribution is 5.79. The van der Waals surface area contributed by atoms with Gasteiger partial charge in [0.2, 0.25) is 6.29 Å². The molecule has 0 amide bonds. The Balaban J connectivity index is 0.814. The molecule has 0 bridgehead atoms. The van der Waals surface area contributed by atoms with Gasteiger partial charge in [0.05, 0.1) is 44.1 Å². The summed E-state index contributed by atoms with van der Waals surface area (Å²) in [6, 6.07) is 0. The Morgan fingerprint density at radius 1 is 0.573 bits per heavy atom. The number of aliphatic hydroxyl groups is 14. The van der Waals surface area contributed by atoms with Gasteiger partial charge >= 0.3 is 5.97 Å². The molecule has 10 rings (SSSR count). The van der Waals surface area contributed by atoms with Gasteiger partial charge in [-0.25, -0.2) is 0 Å². The van der Waals surface area contributed by atoms with Gasteiger partial charge < -0.3 is 119 Å². The lowest BCUT2D eigenvalue weighted by Crippen LogP contribution is -2.66. The van der Waals surface area contributed by atoms with Crippen LogP contribution in [0.25, 0.3) is 0 Å². The van der Waals surface area contributed by atoms with Crippen LogP contribution in [0.5, 0.6) is 0 Å². The van der Waals surface area contributed by atoms with Crippen LogP contribution in [0.3, 0.4) is 0 Å². The predicted molar refractivity (Wildman–Crippen MR) is 277 cm³/mol. The highest BCUT2D eigenvalue weighted by Crippen LogP contribution is 2.75. The van der Waals surface area contributed by atoms with E-state index in [0.717, 1.165) is 38.5 Å². The molecule has 25 heteroatoms. The molecule has 10 aliphatic rings. The van der Waals surface area contributed by atoms with Crippen molar-refractivity contribution >= 4 is 5.97 Å². The van der Waals surface area contributed by atoms with Gasteiger partial charge in [-0.1, -0.05) is 53.2 Å². The lowest BCUT2D eigenvalue weighted by Gasteiger charge is -2.71. The second-order valence-corrected chi connectivity index (χ2v) is 27.2. The van der Waals surface area contributed by atoms with Gasteiger partial charge in [-0.15, -0.1) is 0 Å². The van der Waals surface area contributed by atoms with Crippen LogP contribution in [-0.4, -0.2) is 251 Å². The fraction of sp³-hybridized carbons (Fsp3) is 0.947. The average molecular weight is 1180 g/mol. The third kappa shape index (κ3) is 10.6. The van der Waals surface area contributed by atoms with E-state index in [9.17, 15) is 71.5 Å². The average Bonchev–Trinajstić information content (AvgIpc) is 0.756. The zero-order chi connectivity index (χ0) is 59.5. The zero-order valence-electron chi connectivity index (χ0n) is 47.9. The fourth-order valence-corrected chi connectivity index (χ4v) is 17.1. The van der Waals surface area contributed by atoms with Crippen LogP contribution in [0.15, 0.2) is 11.6 Å². The Morgan fingerprint density at radius 2 is 1.20 bits per heavy atom. The van der Waals surface area contributed by atoms with Gasteiger partial charge in [0.25, 0.3) is 0 Å². The molecule has 0 radical (unpaired) electrons. The SMILES string of the molecule is C[C@@H]1CC[C@]2(C(=O)O[C@@H]3O[C@H](CO[C@@H]4O[C@H](CO)[C@@H](O[C@@H]5O[C@@H](C)[C@H](O)[C@@H](O)[C@H]5O)[C@H](O)[C@H]4O)[C@@H](O)[C@H](O)[C@H]3O)CC[C@]3(C)C(=CC[C@@H]4[C@@]5(C)CC[C@H](O[C@@H]6OC[C@H](O)[C@H](O)[C@H]6O[C@@H]6OC[C@@H](O)[C@H](O)[C@H]6O)C(C)(C)[C@@H]5CC[C@]43C)[C@@H]2C1. The van der Waals surface area contributed by atoms with Gasteiger partial charge in [-0.2, -0.15) is 0 Å². The highest BCUT2D eigenvalue weighted by atomic mass is 16.8. The van der Waals surface area contributed by atoms with Gasteiger partial charge in [-0.05, 0) is 116 Å². The second-order valence-electron chi connectivity index (χ2n) is 27.2. The number of carbonyl (C=O) groups excluding carboxylic acids is 1. The molecule has 470 valence electrons. The zero-order valence-corrected chi connectivity index (χ0v) is 47.9. The maximum atomic E-state index is 15.1. The normalized spacial score (nSPS) is 55.0.